The second kappa shape index (κ2) is 5.47. The van der Waals surface area contributed by atoms with Gasteiger partial charge in [0.05, 0.1) is 5.75 Å². The van der Waals surface area contributed by atoms with Gasteiger partial charge in [0.25, 0.3) is 0 Å². The van der Waals surface area contributed by atoms with E-state index in [2.05, 4.69) is 12.2 Å². The van der Waals surface area contributed by atoms with Gasteiger partial charge in [-0.1, -0.05) is 20.8 Å². The Bertz CT molecular complexity index is 314. The molecule has 1 N–H and O–H groups in total. The molecule has 0 radical (unpaired) electrons. The Morgan fingerprint density at radius 1 is 1.44 bits per heavy atom. The molecule has 0 aromatic heterocycles. The molecule has 0 aliphatic heterocycles. The summed E-state index contributed by atoms with van der Waals surface area (Å²) in [4.78, 5) is 0. The summed E-state index contributed by atoms with van der Waals surface area (Å²) in [6.45, 7) is 7.42. The van der Waals surface area contributed by atoms with E-state index >= 15 is 0 Å². The van der Waals surface area contributed by atoms with Gasteiger partial charge in [0.2, 0.25) is 10.0 Å². The third-order valence-electron chi connectivity index (χ3n) is 3.16. The summed E-state index contributed by atoms with van der Waals surface area (Å²) >= 11 is 0. The van der Waals surface area contributed by atoms with Crippen molar-refractivity contribution in [2.75, 3.05) is 25.9 Å². The lowest BCUT2D eigenvalue weighted by atomic mass is 10.3. The zero-order valence-electron chi connectivity index (χ0n) is 10.7. The van der Waals surface area contributed by atoms with E-state index in [-0.39, 0.29) is 5.75 Å². The molecule has 0 amide bonds. The van der Waals surface area contributed by atoms with Crippen LogP contribution in [-0.2, 0) is 10.0 Å². The highest BCUT2D eigenvalue weighted by Gasteiger charge is 2.35. The van der Waals surface area contributed by atoms with Gasteiger partial charge in [-0.3, -0.25) is 0 Å². The van der Waals surface area contributed by atoms with Gasteiger partial charge in [0.1, 0.15) is 0 Å². The summed E-state index contributed by atoms with van der Waals surface area (Å²) in [6, 6.07) is 0.337. The minimum Gasteiger partial charge on any atom is -0.313 e. The minimum absolute atomic E-state index is 0.197. The molecule has 16 heavy (non-hydrogen) atoms. The molecule has 1 fully saturated rings. The average molecular weight is 248 g/mol. The molecule has 0 spiro atoms. The van der Waals surface area contributed by atoms with Crippen molar-refractivity contribution in [3.8, 4) is 0 Å². The Balaban J connectivity index is 2.31. The quantitative estimate of drug-likeness (QED) is 0.728. The topological polar surface area (TPSA) is 49.4 Å². The average Bonchev–Trinajstić information content (AvgIpc) is 2.80. The first kappa shape index (κ1) is 13.9. The summed E-state index contributed by atoms with van der Waals surface area (Å²) in [6.07, 6.45) is 1.17. The lowest BCUT2D eigenvalue weighted by Gasteiger charge is -2.17. The SMILES string of the molecule is CC(C)NCCS(=O)(=O)N(C)CC1CC1C. The third kappa shape index (κ3) is 4.39. The summed E-state index contributed by atoms with van der Waals surface area (Å²) in [5.41, 5.74) is 0. The molecule has 2 unspecified atom stereocenters. The monoisotopic (exact) mass is 248 g/mol. The predicted octanol–water partition coefficient (Wildman–Crippen LogP) is 0.902. The van der Waals surface area contributed by atoms with Crippen LogP contribution in [0, 0.1) is 11.8 Å². The number of sulfonamides is 1. The third-order valence-corrected chi connectivity index (χ3v) is 4.97. The van der Waals surface area contributed by atoms with Gasteiger partial charge in [-0.25, -0.2) is 12.7 Å². The standard InChI is InChI=1S/C11H24N2O2S/c1-9(2)12-5-6-16(14,15)13(4)8-11-7-10(11)3/h9-12H,5-8H2,1-4H3. The lowest BCUT2D eigenvalue weighted by molar-refractivity contribution is 0.442. The highest BCUT2D eigenvalue weighted by molar-refractivity contribution is 7.89. The van der Waals surface area contributed by atoms with E-state index in [1.54, 1.807) is 7.05 Å². The van der Waals surface area contributed by atoms with Crippen LogP contribution in [-0.4, -0.2) is 44.7 Å². The number of rotatable bonds is 7. The summed E-state index contributed by atoms with van der Waals surface area (Å²) in [7, 11) is -1.37. The Kier molecular flexibility index (Phi) is 4.76. The van der Waals surface area contributed by atoms with Crippen LogP contribution in [0.2, 0.25) is 0 Å². The Labute approximate surface area is 99.5 Å². The highest BCUT2D eigenvalue weighted by atomic mass is 32.2. The van der Waals surface area contributed by atoms with E-state index in [0.717, 1.165) is 0 Å². The van der Waals surface area contributed by atoms with Crippen molar-refractivity contribution in [1.29, 1.82) is 0 Å². The van der Waals surface area contributed by atoms with E-state index in [1.165, 1.54) is 10.7 Å². The van der Waals surface area contributed by atoms with Gasteiger partial charge in [-0.2, -0.15) is 0 Å². The number of hydrogen-bond donors (Lipinski definition) is 1. The predicted molar refractivity (Wildman–Crippen MR) is 66.8 cm³/mol. The van der Waals surface area contributed by atoms with E-state index in [1.807, 2.05) is 13.8 Å². The molecule has 0 saturated heterocycles. The maximum atomic E-state index is 11.9. The van der Waals surface area contributed by atoms with Crippen LogP contribution in [0.1, 0.15) is 27.2 Å². The molecule has 4 nitrogen and oxygen atoms in total. The van der Waals surface area contributed by atoms with Crippen LogP contribution in [0.4, 0.5) is 0 Å². The zero-order chi connectivity index (χ0) is 12.3. The van der Waals surface area contributed by atoms with Gasteiger partial charge >= 0.3 is 0 Å². The molecular formula is C11H24N2O2S. The van der Waals surface area contributed by atoms with Gasteiger partial charge in [0, 0.05) is 26.2 Å². The molecule has 5 heteroatoms. The summed E-state index contributed by atoms with van der Waals surface area (Å²) in [5.74, 6) is 1.48. The normalized spacial score (nSPS) is 25.4. The van der Waals surface area contributed by atoms with Crippen molar-refractivity contribution in [2.24, 2.45) is 11.8 Å². The molecule has 1 saturated carbocycles. The fourth-order valence-corrected chi connectivity index (χ4v) is 2.84. The molecule has 96 valence electrons. The molecule has 0 aromatic carbocycles. The van der Waals surface area contributed by atoms with E-state index in [9.17, 15) is 8.42 Å². The van der Waals surface area contributed by atoms with Crippen LogP contribution >= 0.6 is 0 Å². The second-order valence-corrected chi connectivity index (χ2v) is 7.37. The van der Waals surface area contributed by atoms with Crippen LogP contribution in [0.5, 0.6) is 0 Å². The maximum Gasteiger partial charge on any atom is 0.215 e. The van der Waals surface area contributed by atoms with Crippen molar-refractivity contribution in [1.82, 2.24) is 9.62 Å². The molecular weight excluding hydrogens is 224 g/mol. The van der Waals surface area contributed by atoms with Gasteiger partial charge < -0.3 is 5.32 Å². The molecule has 0 heterocycles. The molecule has 0 bridgehead atoms. The zero-order valence-corrected chi connectivity index (χ0v) is 11.5. The smallest absolute Gasteiger partial charge is 0.215 e. The molecule has 2 atom stereocenters. The largest absolute Gasteiger partial charge is 0.313 e. The number of nitrogens with zero attached hydrogens (tertiary/aromatic N) is 1. The van der Waals surface area contributed by atoms with Crippen LogP contribution in [0.15, 0.2) is 0 Å². The van der Waals surface area contributed by atoms with E-state index < -0.39 is 10.0 Å². The first-order valence-electron chi connectivity index (χ1n) is 6.00. The Morgan fingerprint density at radius 3 is 2.44 bits per heavy atom. The van der Waals surface area contributed by atoms with Gasteiger partial charge in [-0.15, -0.1) is 0 Å². The van der Waals surface area contributed by atoms with E-state index in [4.69, 9.17) is 0 Å². The van der Waals surface area contributed by atoms with Crippen molar-refractivity contribution in [3.05, 3.63) is 0 Å². The van der Waals surface area contributed by atoms with Gasteiger partial charge in [-0.05, 0) is 18.3 Å². The molecule has 1 aliphatic carbocycles. The molecule has 1 rings (SSSR count). The molecule has 1 aliphatic rings. The Morgan fingerprint density at radius 2 is 2.00 bits per heavy atom. The minimum atomic E-state index is -3.06. The highest BCUT2D eigenvalue weighted by Crippen LogP contribution is 2.38. The lowest BCUT2D eigenvalue weighted by Crippen LogP contribution is -2.36. The van der Waals surface area contributed by atoms with Crippen molar-refractivity contribution < 1.29 is 8.42 Å². The van der Waals surface area contributed by atoms with E-state index in [0.29, 0.717) is 31.0 Å². The maximum absolute atomic E-state index is 11.9. The first-order valence-corrected chi connectivity index (χ1v) is 7.61. The number of hydrogen-bond acceptors (Lipinski definition) is 3. The second-order valence-electron chi connectivity index (χ2n) is 5.18. The first-order chi connectivity index (χ1) is 7.33. The van der Waals surface area contributed by atoms with Crippen molar-refractivity contribution in [2.45, 2.75) is 33.2 Å². The van der Waals surface area contributed by atoms with Crippen LogP contribution < -0.4 is 5.32 Å². The number of nitrogens with one attached hydrogen (secondary N) is 1. The fourth-order valence-electron chi connectivity index (χ4n) is 1.73. The van der Waals surface area contributed by atoms with Gasteiger partial charge in [0.15, 0.2) is 0 Å². The summed E-state index contributed by atoms with van der Waals surface area (Å²) < 4.78 is 25.3. The van der Waals surface area contributed by atoms with Crippen LogP contribution in [0.3, 0.4) is 0 Å². The Hall–Kier alpha value is -0.130. The fraction of sp³-hybridized carbons (Fsp3) is 1.00. The van der Waals surface area contributed by atoms with Crippen molar-refractivity contribution in [3.63, 3.8) is 0 Å². The van der Waals surface area contributed by atoms with Crippen LogP contribution in [0.25, 0.3) is 0 Å². The summed E-state index contributed by atoms with van der Waals surface area (Å²) in [5, 5.41) is 3.13. The molecule has 0 aromatic rings. The van der Waals surface area contributed by atoms with Crippen molar-refractivity contribution >= 4 is 10.0 Å².